The van der Waals surface area contributed by atoms with Gasteiger partial charge in [-0.15, -0.1) is 0 Å². The molecule has 1 atom stereocenters. The molecular weight excluding hydrogens is 326 g/mol. The van der Waals surface area contributed by atoms with Crippen molar-refractivity contribution in [2.45, 2.75) is 37.0 Å². The normalized spacial score (nSPS) is 15.9. The molecule has 0 spiro atoms. The van der Waals surface area contributed by atoms with Crippen molar-refractivity contribution in [1.82, 2.24) is 5.32 Å². The third kappa shape index (κ3) is 3.91. The Morgan fingerprint density at radius 1 is 1.12 bits per heavy atom. The Morgan fingerprint density at radius 3 is 2.46 bits per heavy atom. The molecule has 2 aromatic rings. The Bertz CT molecular complexity index is 725. The Balaban J connectivity index is 1.61. The van der Waals surface area contributed by atoms with Crippen molar-refractivity contribution < 1.29 is 14.6 Å². The molecule has 0 aromatic heterocycles. The zero-order chi connectivity index (χ0) is 18.4. The number of nitrogens with one attached hydrogen (secondary N) is 1. The number of hydrogen-bond donors (Lipinski definition) is 2. The monoisotopic (exact) mass is 353 g/mol. The molecule has 1 aliphatic carbocycles. The largest absolute Gasteiger partial charge is 0.496 e. The first-order valence-corrected chi connectivity index (χ1v) is 9.29. The number of ether oxygens (including phenoxy) is 1. The minimum atomic E-state index is -0.439. The van der Waals surface area contributed by atoms with Crippen LogP contribution in [0.25, 0.3) is 0 Å². The quantitative estimate of drug-likeness (QED) is 0.726. The second kappa shape index (κ2) is 8.37. The maximum Gasteiger partial charge on any atom is 0.230 e. The molecule has 1 saturated carbocycles. The van der Waals surface area contributed by atoms with Gasteiger partial charge in [-0.2, -0.15) is 0 Å². The summed E-state index contributed by atoms with van der Waals surface area (Å²) in [6.45, 7) is 0.758. The zero-order valence-electron chi connectivity index (χ0n) is 15.3. The predicted octanol–water partition coefficient (Wildman–Crippen LogP) is 3.40. The highest BCUT2D eigenvalue weighted by atomic mass is 16.5. The molecule has 3 rings (SSSR count). The molecule has 0 heterocycles. The van der Waals surface area contributed by atoms with Gasteiger partial charge in [-0.1, -0.05) is 48.5 Å². The van der Waals surface area contributed by atoms with Crippen molar-refractivity contribution in [2.24, 2.45) is 0 Å². The van der Waals surface area contributed by atoms with E-state index < -0.39 is 5.41 Å². The average Bonchev–Trinajstić information content (AvgIpc) is 3.50. The van der Waals surface area contributed by atoms with Crippen molar-refractivity contribution in [3.63, 3.8) is 0 Å². The van der Waals surface area contributed by atoms with Gasteiger partial charge in [-0.25, -0.2) is 0 Å². The standard InChI is InChI=1S/C22H27NO3/c1-26-20-10-6-5-9-19(20)22(13-14-22)21(25)23-15-11-18(12-16-24)17-7-3-2-4-8-17/h2-10,18,24H,11-16H2,1H3,(H,23,25). The molecule has 1 fully saturated rings. The number of methoxy groups -OCH3 is 1. The van der Waals surface area contributed by atoms with Crippen molar-refractivity contribution >= 4 is 5.91 Å². The smallest absolute Gasteiger partial charge is 0.230 e. The second-order valence-electron chi connectivity index (χ2n) is 6.95. The molecule has 26 heavy (non-hydrogen) atoms. The van der Waals surface area contributed by atoms with Crippen molar-refractivity contribution in [3.8, 4) is 5.75 Å². The highest BCUT2D eigenvalue weighted by molar-refractivity contribution is 5.92. The van der Waals surface area contributed by atoms with Gasteiger partial charge in [0.2, 0.25) is 5.91 Å². The van der Waals surface area contributed by atoms with Crippen LogP contribution < -0.4 is 10.1 Å². The molecule has 4 heteroatoms. The van der Waals surface area contributed by atoms with Gasteiger partial charge in [0.1, 0.15) is 5.75 Å². The van der Waals surface area contributed by atoms with E-state index in [0.29, 0.717) is 13.0 Å². The third-order valence-electron chi connectivity index (χ3n) is 5.33. The van der Waals surface area contributed by atoms with Gasteiger partial charge >= 0.3 is 0 Å². The first kappa shape index (κ1) is 18.5. The van der Waals surface area contributed by atoms with Crippen LogP contribution in [0.5, 0.6) is 5.75 Å². The van der Waals surface area contributed by atoms with Gasteiger partial charge < -0.3 is 15.2 Å². The maximum atomic E-state index is 12.9. The highest BCUT2D eigenvalue weighted by Gasteiger charge is 2.52. The Labute approximate surface area is 155 Å². The number of benzene rings is 2. The van der Waals surface area contributed by atoms with E-state index in [1.54, 1.807) is 7.11 Å². The van der Waals surface area contributed by atoms with Crippen LogP contribution in [-0.2, 0) is 10.2 Å². The summed E-state index contributed by atoms with van der Waals surface area (Å²) in [6.07, 6.45) is 3.24. The highest BCUT2D eigenvalue weighted by Crippen LogP contribution is 2.51. The molecule has 1 unspecified atom stereocenters. The third-order valence-corrected chi connectivity index (χ3v) is 5.33. The molecule has 4 nitrogen and oxygen atoms in total. The van der Waals surface area contributed by atoms with E-state index in [1.165, 1.54) is 5.56 Å². The fraction of sp³-hybridized carbons (Fsp3) is 0.409. The van der Waals surface area contributed by atoms with E-state index in [-0.39, 0.29) is 18.4 Å². The number of hydrogen-bond acceptors (Lipinski definition) is 3. The SMILES string of the molecule is COc1ccccc1C1(C(=O)NCCC(CCO)c2ccccc2)CC1. The van der Waals surface area contributed by atoms with Gasteiger partial charge in [0.15, 0.2) is 0 Å². The lowest BCUT2D eigenvalue weighted by Gasteiger charge is -2.20. The van der Waals surface area contributed by atoms with Gasteiger partial charge in [-0.05, 0) is 43.2 Å². The summed E-state index contributed by atoms with van der Waals surface area (Å²) in [4.78, 5) is 12.9. The molecule has 0 bridgehead atoms. The predicted molar refractivity (Wildman–Crippen MR) is 102 cm³/mol. The van der Waals surface area contributed by atoms with E-state index in [0.717, 1.165) is 30.6 Å². The fourth-order valence-corrected chi connectivity index (χ4v) is 3.67. The van der Waals surface area contributed by atoms with Crippen molar-refractivity contribution in [3.05, 3.63) is 65.7 Å². The minimum absolute atomic E-state index is 0.0813. The van der Waals surface area contributed by atoms with Gasteiger partial charge in [-0.3, -0.25) is 4.79 Å². The number of para-hydroxylation sites is 1. The van der Waals surface area contributed by atoms with Crippen LogP contribution >= 0.6 is 0 Å². The van der Waals surface area contributed by atoms with Crippen LogP contribution in [0.4, 0.5) is 0 Å². The summed E-state index contributed by atoms with van der Waals surface area (Å²) < 4.78 is 5.45. The summed E-state index contributed by atoms with van der Waals surface area (Å²) in [6, 6.07) is 18.0. The minimum Gasteiger partial charge on any atom is -0.496 e. The topological polar surface area (TPSA) is 58.6 Å². The van der Waals surface area contributed by atoms with E-state index in [1.807, 2.05) is 42.5 Å². The lowest BCUT2D eigenvalue weighted by molar-refractivity contribution is -0.123. The number of aliphatic hydroxyl groups is 1. The lowest BCUT2D eigenvalue weighted by atomic mass is 9.92. The van der Waals surface area contributed by atoms with Crippen LogP contribution in [-0.4, -0.2) is 31.3 Å². The van der Waals surface area contributed by atoms with E-state index in [2.05, 4.69) is 17.4 Å². The Morgan fingerprint density at radius 2 is 1.81 bits per heavy atom. The van der Waals surface area contributed by atoms with Crippen LogP contribution in [0.15, 0.2) is 54.6 Å². The Hall–Kier alpha value is -2.33. The van der Waals surface area contributed by atoms with Crippen LogP contribution in [0.2, 0.25) is 0 Å². The molecule has 2 aromatic carbocycles. The number of carbonyl (C=O) groups is 1. The van der Waals surface area contributed by atoms with Crippen LogP contribution in [0.1, 0.15) is 42.7 Å². The van der Waals surface area contributed by atoms with Gasteiger partial charge in [0.25, 0.3) is 0 Å². The van der Waals surface area contributed by atoms with Crippen LogP contribution in [0, 0.1) is 0 Å². The number of aliphatic hydroxyl groups excluding tert-OH is 1. The van der Waals surface area contributed by atoms with Gasteiger partial charge in [0, 0.05) is 18.7 Å². The number of amides is 1. The second-order valence-corrected chi connectivity index (χ2v) is 6.95. The number of rotatable bonds is 9. The first-order valence-electron chi connectivity index (χ1n) is 9.29. The summed E-state index contributed by atoms with van der Waals surface area (Å²) in [7, 11) is 1.65. The van der Waals surface area contributed by atoms with E-state index in [4.69, 9.17) is 4.74 Å². The maximum absolute atomic E-state index is 12.9. The summed E-state index contributed by atoms with van der Waals surface area (Å²) in [5.41, 5.74) is 1.75. The zero-order valence-corrected chi connectivity index (χ0v) is 15.3. The summed E-state index contributed by atoms with van der Waals surface area (Å²) >= 11 is 0. The van der Waals surface area contributed by atoms with Gasteiger partial charge in [0.05, 0.1) is 12.5 Å². The van der Waals surface area contributed by atoms with Crippen molar-refractivity contribution in [2.75, 3.05) is 20.3 Å². The summed E-state index contributed by atoms with van der Waals surface area (Å²) in [5.74, 6) is 1.11. The molecule has 0 saturated heterocycles. The molecule has 1 amide bonds. The molecule has 1 aliphatic rings. The molecule has 0 aliphatic heterocycles. The molecule has 2 N–H and O–H groups in total. The van der Waals surface area contributed by atoms with E-state index >= 15 is 0 Å². The Kier molecular flexibility index (Phi) is 5.94. The molecule has 138 valence electrons. The average molecular weight is 353 g/mol. The number of carbonyl (C=O) groups excluding carboxylic acids is 1. The lowest BCUT2D eigenvalue weighted by Crippen LogP contribution is -2.36. The van der Waals surface area contributed by atoms with E-state index in [9.17, 15) is 9.90 Å². The molecular formula is C22H27NO3. The van der Waals surface area contributed by atoms with Crippen LogP contribution in [0.3, 0.4) is 0 Å². The fourth-order valence-electron chi connectivity index (χ4n) is 3.67. The van der Waals surface area contributed by atoms with Crippen molar-refractivity contribution in [1.29, 1.82) is 0 Å². The first-order chi connectivity index (χ1) is 12.7. The summed E-state index contributed by atoms with van der Waals surface area (Å²) in [5, 5.41) is 12.5. The molecule has 0 radical (unpaired) electrons.